The van der Waals surface area contributed by atoms with Gasteiger partial charge in [-0.2, -0.15) is 0 Å². The van der Waals surface area contributed by atoms with Crippen molar-refractivity contribution in [1.82, 2.24) is 10.3 Å². The maximum atomic E-state index is 10.9. The van der Waals surface area contributed by atoms with Gasteiger partial charge in [-0.25, -0.2) is 4.98 Å². The number of phenols is 2. The normalized spacial score (nSPS) is 19.3. The third-order valence-electron chi connectivity index (χ3n) is 7.59. The highest BCUT2D eigenvalue weighted by atomic mass is 16.5. The Labute approximate surface area is 247 Å². The molecule has 3 aromatic rings. The Hall–Kier alpha value is -3.73. The number of pyridine rings is 1. The highest BCUT2D eigenvalue weighted by Gasteiger charge is 2.31. The Morgan fingerprint density at radius 3 is 2.50 bits per heavy atom. The van der Waals surface area contributed by atoms with Crippen molar-refractivity contribution in [2.75, 3.05) is 33.1 Å². The number of ether oxygens (including phenoxy) is 4. The maximum Gasteiger partial charge on any atom is 0.200 e. The fourth-order valence-corrected chi connectivity index (χ4v) is 5.36. The molecule has 228 valence electrons. The summed E-state index contributed by atoms with van der Waals surface area (Å²) >= 11 is 0. The number of aromatic nitrogens is 1. The minimum atomic E-state index is -0.535. The predicted octanol–water partition coefficient (Wildman–Crippen LogP) is 4.30. The molecule has 6 N–H and O–H groups in total. The second-order valence-electron chi connectivity index (χ2n) is 10.7. The summed E-state index contributed by atoms with van der Waals surface area (Å²) in [4.78, 5) is 4.05. The van der Waals surface area contributed by atoms with Crippen molar-refractivity contribution >= 4 is 5.82 Å². The molecule has 0 amide bonds. The molecule has 2 heterocycles. The smallest absolute Gasteiger partial charge is 0.200 e. The van der Waals surface area contributed by atoms with E-state index in [1.54, 1.807) is 24.4 Å². The summed E-state index contributed by atoms with van der Waals surface area (Å²) in [5.41, 5.74) is 8.70. The van der Waals surface area contributed by atoms with Gasteiger partial charge in [-0.05, 0) is 91.7 Å². The molecule has 1 saturated heterocycles. The van der Waals surface area contributed by atoms with Gasteiger partial charge in [0.2, 0.25) is 5.75 Å². The highest BCUT2D eigenvalue weighted by molar-refractivity contribution is 5.53. The topological polar surface area (TPSA) is 149 Å². The number of anilines is 1. The molecule has 10 heteroatoms. The Morgan fingerprint density at radius 1 is 1.00 bits per heavy atom. The lowest BCUT2D eigenvalue weighted by molar-refractivity contribution is -0.0999. The number of aliphatic hydroxyl groups excluding tert-OH is 1. The zero-order valence-corrected chi connectivity index (χ0v) is 24.6. The first-order valence-corrected chi connectivity index (χ1v) is 14.5. The van der Waals surface area contributed by atoms with E-state index in [4.69, 9.17) is 24.7 Å². The number of hydrogen-bond donors (Lipinski definition) is 5. The number of methoxy groups -OCH3 is 2. The number of nitrogens with two attached hydrogens (primary N) is 1. The van der Waals surface area contributed by atoms with E-state index < -0.39 is 12.2 Å². The van der Waals surface area contributed by atoms with Gasteiger partial charge in [0.1, 0.15) is 12.4 Å². The molecule has 0 aliphatic carbocycles. The molecule has 0 unspecified atom stereocenters. The number of nitrogens with zero attached hydrogens (tertiary/aromatic N) is 1. The number of likely N-dealkylation sites (N-methyl/N-ethyl adjacent to an activating group) is 1. The van der Waals surface area contributed by atoms with Crippen LogP contribution in [0.2, 0.25) is 0 Å². The summed E-state index contributed by atoms with van der Waals surface area (Å²) in [5.74, 6) is 1.53. The predicted molar refractivity (Wildman–Crippen MR) is 160 cm³/mol. The lowest BCUT2D eigenvalue weighted by Crippen LogP contribution is -2.35. The van der Waals surface area contributed by atoms with Gasteiger partial charge >= 0.3 is 0 Å². The lowest BCUT2D eigenvalue weighted by atomic mass is 9.93. The van der Waals surface area contributed by atoms with E-state index in [9.17, 15) is 15.3 Å². The molecule has 1 fully saturated rings. The fourth-order valence-electron chi connectivity index (χ4n) is 5.36. The molecule has 42 heavy (non-hydrogen) atoms. The van der Waals surface area contributed by atoms with Crippen LogP contribution in [0.15, 0.2) is 48.7 Å². The first kappa shape index (κ1) is 31.2. The van der Waals surface area contributed by atoms with E-state index in [0.29, 0.717) is 49.6 Å². The summed E-state index contributed by atoms with van der Waals surface area (Å²) < 4.78 is 23.3. The summed E-state index contributed by atoms with van der Waals surface area (Å²) in [7, 11) is 3.02. The number of nitrogen functional groups attached to an aromatic ring is 1. The molecule has 1 aliphatic rings. The van der Waals surface area contributed by atoms with Crippen LogP contribution >= 0.6 is 0 Å². The Balaban J connectivity index is 1.43. The zero-order chi connectivity index (χ0) is 30.1. The average Bonchev–Trinajstić information content (AvgIpc) is 2.98. The molecule has 4 rings (SSSR count). The number of nitrogens with one attached hydrogen (secondary N) is 1. The number of hydrogen-bond acceptors (Lipinski definition) is 10. The standard InChI is InChI=1S/C32H43N3O7/c1-4-34-23(8-5-21-11-12-35-31(33)14-21)19-41-30-16-22(15-29(40-3)32(30)38)27-18-24(36)17-25(42-27)9-6-20-7-10-26(37)28(13-20)39-2/h7,10-16,23-25,27,34,36-38H,4-6,8-9,17-19H2,1-3H3,(H2,33,35)/t23-,24+,25+,27+/m1/s1. The summed E-state index contributed by atoms with van der Waals surface area (Å²) in [6, 6.07) is 12.7. The summed E-state index contributed by atoms with van der Waals surface area (Å²) in [6.07, 6.45) is 4.54. The lowest BCUT2D eigenvalue weighted by Gasteiger charge is -2.34. The molecule has 4 atom stereocenters. The summed E-state index contributed by atoms with van der Waals surface area (Å²) in [5, 5.41) is 34.9. The van der Waals surface area contributed by atoms with Crippen molar-refractivity contribution in [1.29, 1.82) is 0 Å². The Morgan fingerprint density at radius 2 is 1.76 bits per heavy atom. The van der Waals surface area contributed by atoms with Crippen LogP contribution < -0.4 is 25.3 Å². The van der Waals surface area contributed by atoms with E-state index in [0.717, 1.165) is 36.1 Å². The van der Waals surface area contributed by atoms with Crippen LogP contribution in [0.1, 0.15) is 55.4 Å². The molecule has 0 spiro atoms. The molecule has 0 radical (unpaired) electrons. The van der Waals surface area contributed by atoms with Gasteiger partial charge in [-0.3, -0.25) is 0 Å². The molecular weight excluding hydrogens is 538 g/mol. The quantitative estimate of drug-likeness (QED) is 0.187. The first-order chi connectivity index (χ1) is 20.3. The van der Waals surface area contributed by atoms with Crippen LogP contribution in [-0.4, -0.2) is 65.9 Å². The number of phenolic OH excluding ortho intramolecular Hbond substituents is 2. The zero-order valence-electron chi connectivity index (χ0n) is 24.6. The van der Waals surface area contributed by atoms with Gasteiger partial charge in [0.05, 0.1) is 32.5 Å². The van der Waals surface area contributed by atoms with Gasteiger partial charge < -0.3 is 45.3 Å². The van der Waals surface area contributed by atoms with Crippen molar-refractivity contribution in [3.8, 4) is 28.7 Å². The molecule has 1 aromatic heterocycles. The van der Waals surface area contributed by atoms with Crippen LogP contribution in [0.3, 0.4) is 0 Å². The summed E-state index contributed by atoms with van der Waals surface area (Å²) in [6.45, 7) is 3.15. The molecular formula is C32H43N3O7. The van der Waals surface area contributed by atoms with Crippen LogP contribution in [0.25, 0.3) is 0 Å². The van der Waals surface area contributed by atoms with Gasteiger partial charge in [-0.1, -0.05) is 13.0 Å². The third-order valence-corrected chi connectivity index (χ3v) is 7.59. The van der Waals surface area contributed by atoms with Gasteiger partial charge in [0.15, 0.2) is 23.0 Å². The number of benzene rings is 2. The second-order valence-corrected chi connectivity index (χ2v) is 10.7. The van der Waals surface area contributed by atoms with Crippen molar-refractivity contribution < 1.29 is 34.3 Å². The van der Waals surface area contributed by atoms with E-state index in [1.807, 2.05) is 31.2 Å². The first-order valence-electron chi connectivity index (χ1n) is 14.5. The van der Waals surface area contributed by atoms with Crippen molar-refractivity contribution in [3.05, 3.63) is 65.4 Å². The van der Waals surface area contributed by atoms with E-state index in [1.165, 1.54) is 14.2 Å². The van der Waals surface area contributed by atoms with Crippen LogP contribution in [0.4, 0.5) is 5.82 Å². The number of aromatic hydroxyl groups is 2. The molecule has 0 saturated carbocycles. The molecule has 0 bridgehead atoms. The minimum absolute atomic E-state index is 0.0362. The maximum absolute atomic E-state index is 10.9. The molecule has 10 nitrogen and oxygen atoms in total. The van der Waals surface area contributed by atoms with Crippen LogP contribution in [-0.2, 0) is 17.6 Å². The second kappa shape index (κ2) is 14.9. The van der Waals surface area contributed by atoms with Crippen LogP contribution in [0, 0.1) is 0 Å². The van der Waals surface area contributed by atoms with Gasteiger partial charge in [0.25, 0.3) is 0 Å². The van der Waals surface area contributed by atoms with E-state index in [2.05, 4.69) is 10.3 Å². The number of aryl methyl sites for hydroxylation is 2. The van der Waals surface area contributed by atoms with Crippen molar-refractivity contribution in [2.24, 2.45) is 0 Å². The average molecular weight is 582 g/mol. The SMILES string of the molecule is CCN[C@H](CCc1ccnc(N)c1)COc1cc([C@@H]2C[C@@H](O)C[C@H](CCc3ccc(O)c(OC)c3)O2)cc(OC)c1O. The Bertz CT molecular complexity index is 1310. The molecule has 2 aromatic carbocycles. The third kappa shape index (κ3) is 8.40. The van der Waals surface area contributed by atoms with E-state index in [-0.39, 0.29) is 29.4 Å². The van der Waals surface area contributed by atoms with Crippen molar-refractivity contribution in [2.45, 2.75) is 69.8 Å². The highest BCUT2D eigenvalue weighted by Crippen LogP contribution is 2.42. The van der Waals surface area contributed by atoms with Gasteiger partial charge in [-0.15, -0.1) is 0 Å². The number of rotatable bonds is 14. The number of aliphatic hydroxyl groups is 1. The minimum Gasteiger partial charge on any atom is -0.504 e. The fraction of sp³-hybridized carbons (Fsp3) is 0.469. The molecule has 1 aliphatic heterocycles. The Kier molecular flexibility index (Phi) is 11.1. The monoisotopic (exact) mass is 581 g/mol. The largest absolute Gasteiger partial charge is 0.504 e. The van der Waals surface area contributed by atoms with Crippen molar-refractivity contribution in [3.63, 3.8) is 0 Å². The van der Waals surface area contributed by atoms with Crippen LogP contribution in [0.5, 0.6) is 28.7 Å². The van der Waals surface area contributed by atoms with E-state index >= 15 is 0 Å². The van der Waals surface area contributed by atoms with Gasteiger partial charge in [0, 0.05) is 18.7 Å².